The van der Waals surface area contributed by atoms with Gasteiger partial charge in [0.2, 0.25) is 0 Å². The van der Waals surface area contributed by atoms with E-state index in [1.54, 1.807) is 19.2 Å². The fourth-order valence-electron chi connectivity index (χ4n) is 2.71. The monoisotopic (exact) mass is 291 g/mol. The number of hydrogen-bond donors (Lipinski definition) is 2. The van der Waals surface area contributed by atoms with Crippen LogP contribution in [-0.2, 0) is 4.74 Å². The van der Waals surface area contributed by atoms with Gasteiger partial charge >= 0.3 is 0 Å². The number of benzene rings is 1. The highest BCUT2D eigenvalue weighted by Gasteiger charge is 2.23. The number of piperidine rings is 1. The average molecular weight is 291 g/mol. The number of hydrogen-bond acceptors (Lipinski definition) is 4. The Kier molecular flexibility index (Phi) is 5.44. The fraction of sp³-hybridized carbons (Fsp3) is 0.562. The Labute approximate surface area is 126 Å². The van der Waals surface area contributed by atoms with Gasteiger partial charge < -0.3 is 20.7 Å². The van der Waals surface area contributed by atoms with Crippen LogP contribution in [0.1, 0.15) is 36.5 Å². The summed E-state index contributed by atoms with van der Waals surface area (Å²) in [6.45, 7) is 4.65. The van der Waals surface area contributed by atoms with Crippen molar-refractivity contribution in [1.29, 1.82) is 0 Å². The lowest BCUT2D eigenvalue weighted by Crippen LogP contribution is -2.41. The molecular weight excluding hydrogens is 266 g/mol. The van der Waals surface area contributed by atoms with Crippen molar-refractivity contribution in [2.75, 3.05) is 37.4 Å². The summed E-state index contributed by atoms with van der Waals surface area (Å²) in [6, 6.07) is 5.44. The number of nitrogens with two attached hydrogens (primary N) is 1. The Bertz CT molecular complexity index is 490. The third-order valence-corrected chi connectivity index (χ3v) is 3.77. The van der Waals surface area contributed by atoms with Crippen LogP contribution in [0.4, 0.5) is 11.4 Å². The van der Waals surface area contributed by atoms with Crippen molar-refractivity contribution in [2.24, 2.45) is 0 Å². The van der Waals surface area contributed by atoms with Crippen molar-refractivity contribution in [1.82, 2.24) is 5.32 Å². The van der Waals surface area contributed by atoms with Crippen LogP contribution in [0.25, 0.3) is 0 Å². The Hall–Kier alpha value is -1.75. The quantitative estimate of drug-likeness (QED) is 0.815. The number of nitrogens with one attached hydrogen (secondary N) is 1. The third-order valence-electron chi connectivity index (χ3n) is 3.77. The predicted octanol–water partition coefficient (Wildman–Crippen LogP) is 2.02. The first-order valence-corrected chi connectivity index (χ1v) is 7.63. The highest BCUT2D eigenvalue weighted by atomic mass is 16.5. The van der Waals surface area contributed by atoms with Gasteiger partial charge in [0.15, 0.2) is 0 Å². The van der Waals surface area contributed by atoms with E-state index in [0.717, 1.165) is 44.6 Å². The molecule has 0 saturated carbocycles. The lowest BCUT2D eigenvalue weighted by molar-refractivity contribution is 0.0440. The van der Waals surface area contributed by atoms with Gasteiger partial charge in [-0.3, -0.25) is 4.79 Å². The topological polar surface area (TPSA) is 67.6 Å². The minimum absolute atomic E-state index is 0.0819. The summed E-state index contributed by atoms with van der Waals surface area (Å²) in [5.41, 5.74) is 8.15. The van der Waals surface area contributed by atoms with Crippen LogP contribution < -0.4 is 16.0 Å². The number of carbonyl (C=O) groups excluding carboxylic acids is 1. The van der Waals surface area contributed by atoms with E-state index in [4.69, 9.17) is 10.5 Å². The van der Waals surface area contributed by atoms with Gasteiger partial charge in [-0.15, -0.1) is 0 Å². The second-order valence-electron chi connectivity index (χ2n) is 5.44. The molecule has 1 aliphatic heterocycles. The van der Waals surface area contributed by atoms with Crippen molar-refractivity contribution >= 4 is 17.3 Å². The maximum absolute atomic E-state index is 12.0. The van der Waals surface area contributed by atoms with E-state index in [0.29, 0.717) is 11.3 Å². The summed E-state index contributed by atoms with van der Waals surface area (Å²) >= 11 is 0. The number of anilines is 2. The number of nitrogen functional groups attached to an aromatic ring is 1. The zero-order valence-corrected chi connectivity index (χ0v) is 12.9. The highest BCUT2D eigenvalue weighted by molar-refractivity contribution is 6.00. The van der Waals surface area contributed by atoms with Gasteiger partial charge in [0.05, 0.1) is 17.4 Å². The summed E-state index contributed by atoms with van der Waals surface area (Å²) in [6.07, 6.45) is 3.40. The maximum atomic E-state index is 12.0. The normalized spacial score (nSPS) is 18.6. The molecule has 1 amide bonds. The van der Waals surface area contributed by atoms with Crippen LogP contribution in [0, 0.1) is 0 Å². The van der Waals surface area contributed by atoms with Gasteiger partial charge in [-0.05, 0) is 37.5 Å². The zero-order chi connectivity index (χ0) is 15.2. The number of ether oxygens (including phenoxy) is 1. The van der Waals surface area contributed by atoms with Gasteiger partial charge in [0.1, 0.15) is 0 Å². The molecule has 1 unspecified atom stereocenters. The first kappa shape index (κ1) is 15.6. The SMILES string of the molecule is CCCOC1CCCN(c2cc(N)ccc2C(=O)NC)C1. The summed E-state index contributed by atoms with van der Waals surface area (Å²) in [7, 11) is 1.64. The largest absolute Gasteiger partial charge is 0.399 e. The first-order chi connectivity index (χ1) is 10.2. The van der Waals surface area contributed by atoms with E-state index >= 15 is 0 Å². The summed E-state index contributed by atoms with van der Waals surface area (Å²) in [5.74, 6) is -0.0819. The van der Waals surface area contributed by atoms with Crippen molar-refractivity contribution in [3.63, 3.8) is 0 Å². The van der Waals surface area contributed by atoms with E-state index in [1.165, 1.54) is 0 Å². The van der Waals surface area contributed by atoms with Crippen molar-refractivity contribution < 1.29 is 9.53 Å². The van der Waals surface area contributed by atoms with Crippen LogP contribution in [-0.4, -0.2) is 38.8 Å². The Morgan fingerprint density at radius 2 is 2.33 bits per heavy atom. The van der Waals surface area contributed by atoms with Crippen LogP contribution in [0.5, 0.6) is 0 Å². The molecule has 21 heavy (non-hydrogen) atoms. The summed E-state index contributed by atoms with van der Waals surface area (Å²) in [5, 5.41) is 2.69. The second-order valence-corrected chi connectivity index (χ2v) is 5.44. The lowest BCUT2D eigenvalue weighted by atomic mass is 10.0. The number of rotatable bonds is 5. The Morgan fingerprint density at radius 1 is 1.52 bits per heavy atom. The molecule has 116 valence electrons. The van der Waals surface area contributed by atoms with Crippen LogP contribution in [0.2, 0.25) is 0 Å². The molecule has 5 nitrogen and oxygen atoms in total. The molecule has 0 radical (unpaired) electrons. The Balaban J connectivity index is 2.19. The van der Waals surface area contributed by atoms with Crippen molar-refractivity contribution in [3.05, 3.63) is 23.8 Å². The van der Waals surface area contributed by atoms with E-state index in [9.17, 15) is 4.79 Å². The Morgan fingerprint density at radius 3 is 3.05 bits per heavy atom. The van der Waals surface area contributed by atoms with E-state index in [2.05, 4.69) is 17.1 Å². The number of nitrogens with zero attached hydrogens (tertiary/aromatic N) is 1. The maximum Gasteiger partial charge on any atom is 0.253 e. The smallest absolute Gasteiger partial charge is 0.253 e. The summed E-state index contributed by atoms with van der Waals surface area (Å²) in [4.78, 5) is 14.2. The number of amides is 1. The molecule has 1 heterocycles. The molecule has 1 atom stereocenters. The highest BCUT2D eigenvalue weighted by Crippen LogP contribution is 2.27. The lowest BCUT2D eigenvalue weighted by Gasteiger charge is -2.35. The molecule has 2 rings (SSSR count). The summed E-state index contributed by atoms with van der Waals surface area (Å²) < 4.78 is 5.87. The molecule has 0 bridgehead atoms. The molecule has 3 N–H and O–H groups in total. The molecule has 1 saturated heterocycles. The standard InChI is InChI=1S/C16H25N3O2/c1-3-9-21-13-5-4-8-19(11-13)15-10-12(17)6-7-14(15)16(20)18-2/h6-7,10,13H,3-5,8-9,11,17H2,1-2H3,(H,18,20). The van der Waals surface area contributed by atoms with Gasteiger partial charge in [-0.1, -0.05) is 6.92 Å². The fourth-order valence-corrected chi connectivity index (χ4v) is 2.71. The molecular formula is C16H25N3O2. The molecule has 1 aliphatic rings. The average Bonchev–Trinajstić information content (AvgIpc) is 2.52. The molecule has 1 fully saturated rings. The zero-order valence-electron chi connectivity index (χ0n) is 12.9. The minimum Gasteiger partial charge on any atom is -0.399 e. The molecule has 0 aliphatic carbocycles. The van der Waals surface area contributed by atoms with E-state index in [-0.39, 0.29) is 12.0 Å². The predicted molar refractivity (Wildman–Crippen MR) is 85.7 cm³/mol. The molecule has 1 aromatic carbocycles. The number of carbonyl (C=O) groups is 1. The van der Waals surface area contributed by atoms with Gasteiger partial charge in [0, 0.05) is 32.4 Å². The van der Waals surface area contributed by atoms with E-state index < -0.39 is 0 Å². The van der Waals surface area contributed by atoms with Gasteiger partial charge in [0.25, 0.3) is 5.91 Å². The van der Waals surface area contributed by atoms with Crippen molar-refractivity contribution in [2.45, 2.75) is 32.3 Å². The van der Waals surface area contributed by atoms with Gasteiger partial charge in [-0.25, -0.2) is 0 Å². The second kappa shape index (κ2) is 7.31. The van der Waals surface area contributed by atoms with Gasteiger partial charge in [-0.2, -0.15) is 0 Å². The molecule has 5 heteroatoms. The molecule has 0 spiro atoms. The van der Waals surface area contributed by atoms with E-state index in [1.807, 2.05) is 6.07 Å². The molecule has 1 aromatic rings. The van der Waals surface area contributed by atoms with Crippen LogP contribution in [0.15, 0.2) is 18.2 Å². The van der Waals surface area contributed by atoms with Crippen LogP contribution >= 0.6 is 0 Å². The van der Waals surface area contributed by atoms with Crippen LogP contribution in [0.3, 0.4) is 0 Å². The minimum atomic E-state index is -0.0819. The first-order valence-electron chi connectivity index (χ1n) is 7.63. The third kappa shape index (κ3) is 3.88. The van der Waals surface area contributed by atoms with Crippen molar-refractivity contribution in [3.8, 4) is 0 Å². The molecule has 0 aromatic heterocycles.